The van der Waals surface area contributed by atoms with Crippen molar-refractivity contribution in [3.8, 4) is 0 Å². The van der Waals surface area contributed by atoms with Crippen LogP contribution in [0, 0.1) is 13.8 Å². The van der Waals surface area contributed by atoms with E-state index in [0.717, 1.165) is 27.8 Å². The topological polar surface area (TPSA) is 49.4 Å². The smallest absolute Gasteiger partial charge is 0.242 e. The fourth-order valence-electron chi connectivity index (χ4n) is 3.68. The Morgan fingerprint density at radius 3 is 2.13 bits per heavy atom. The number of benzene rings is 3. The molecule has 3 rings (SSSR count). The van der Waals surface area contributed by atoms with Crippen LogP contribution in [0.5, 0.6) is 0 Å². The number of aryl methyl sites for hydroxylation is 2. The lowest BCUT2D eigenvalue weighted by molar-refractivity contribution is -0.140. The lowest BCUT2D eigenvalue weighted by atomic mass is 10.00. The number of likely N-dealkylation sites (N-methyl/N-ethyl adjacent to an activating group) is 1. The number of nitrogens with zero attached hydrogens (tertiary/aromatic N) is 1. The molecular weight excluding hydrogens is 384 g/mol. The van der Waals surface area contributed by atoms with E-state index in [1.54, 1.807) is 11.9 Å². The first-order valence-corrected chi connectivity index (χ1v) is 10.6. The number of carbonyl (C=O) groups excluding carboxylic acids is 2. The second-order valence-corrected chi connectivity index (χ2v) is 7.93. The SMILES string of the molecule is CNC(=O)[C@H](Cc1ccccc1)N(Cc1ccc(C)cc1)C(=O)Cc1ccccc1C. The van der Waals surface area contributed by atoms with Crippen LogP contribution >= 0.6 is 0 Å². The maximum Gasteiger partial charge on any atom is 0.242 e. The first-order chi connectivity index (χ1) is 15.0. The number of amides is 2. The summed E-state index contributed by atoms with van der Waals surface area (Å²) >= 11 is 0. The minimum Gasteiger partial charge on any atom is -0.357 e. The van der Waals surface area contributed by atoms with Gasteiger partial charge < -0.3 is 10.2 Å². The summed E-state index contributed by atoms with van der Waals surface area (Å²) in [6, 6.07) is 25.3. The Kier molecular flexibility index (Phi) is 7.60. The van der Waals surface area contributed by atoms with Gasteiger partial charge in [-0.05, 0) is 36.1 Å². The van der Waals surface area contributed by atoms with Gasteiger partial charge in [-0.2, -0.15) is 0 Å². The highest BCUT2D eigenvalue weighted by molar-refractivity contribution is 5.88. The maximum atomic E-state index is 13.5. The van der Waals surface area contributed by atoms with Gasteiger partial charge >= 0.3 is 0 Å². The second kappa shape index (κ2) is 10.6. The average Bonchev–Trinajstić information content (AvgIpc) is 2.79. The van der Waals surface area contributed by atoms with Crippen molar-refractivity contribution in [3.05, 3.63) is 107 Å². The van der Waals surface area contributed by atoms with E-state index in [1.165, 1.54) is 0 Å². The van der Waals surface area contributed by atoms with Gasteiger partial charge in [0.05, 0.1) is 6.42 Å². The quantitative estimate of drug-likeness (QED) is 0.600. The number of nitrogens with one attached hydrogen (secondary N) is 1. The molecule has 0 aliphatic carbocycles. The summed E-state index contributed by atoms with van der Waals surface area (Å²) in [4.78, 5) is 28.2. The van der Waals surface area contributed by atoms with Gasteiger partial charge in [0.1, 0.15) is 6.04 Å². The molecule has 1 N–H and O–H groups in total. The maximum absolute atomic E-state index is 13.5. The van der Waals surface area contributed by atoms with Crippen LogP contribution in [-0.2, 0) is 29.0 Å². The molecule has 0 saturated heterocycles. The van der Waals surface area contributed by atoms with Crippen LogP contribution < -0.4 is 5.32 Å². The molecule has 0 aliphatic rings. The van der Waals surface area contributed by atoms with Crippen LogP contribution in [0.25, 0.3) is 0 Å². The fraction of sp³-hybridized carbons (Fsp3) is 0.259. The molecule has 2 amide bonds. The minimum absolute atomic E-state index is 0.0561. The standard InChI is InChI=1S/C27H30N2O2/c1-20-13-15-23(16-14-20)19-29(26(30)18-24-12-8-7-9-21(24)2)25(27(31)28-3)17-22-10-5-4-6-11-22/h4-16,25H,17-19H2,1-3H3,(H,28,31)/t25-/m0/s1. The molecule has 0 spiro atoms. The monoisotopic (exact) mass is 414 g/mol. The van der Waals surface area contributed by atoms with Crippen molar-refractivity contribution in [1.82, 2.24) is 10.2 Å². The summed E-state index contributed by atoms with van der Waals surface area (Å²) in [6.07, 6.45) is 0.729. The number of hydrogen-bond acceptors (Lipinski definition) is 2. The summed E-state index contributed by atoms with van der Waals surface area (Å²) < 4.78 is 0. The van der Waals surface area contributed by atoms with Crippen LogP contribution in [0.3, 0.4) is 0 Å². The van der Waals surface area contributed by atoms with E-state index in [9.17, 15) is 9.59 Å². The highest BCUT2D eigenvalue weighted by atomic mass is 16.2. The Labute approximate surface area is 184 Å². The third kappa shape index (κ3) is 6.05. The Balaban J connectivity index is 1.94. The van der Waals surface area contributed by atoms with Crippen molar-refractivity contribution in [2.24, 2.45) is 0 Å². The van der Waals surface area contributed by atoms with Gasteiger partial charge in [-0.3, -0.25) is 9.59 Å². The molecule has 4 nitrogen and oxygen atoms in total. The third-order valence-electron chi connectivity index (χ3n) is 5.59. The molecule has 3 aromatic carbocycles. The molecule has 160 valence electrons. The molecule has 0 saturated carbocycles. The lowest BCUT2D eigenvalue weighted by Gasteiger charge is -2.31. The molecule has 3 aromatic rings. The summed E-state index contributed by atoms with van der Waals surface area (Å²) in [5, 5.41) is 2.76. The molecule has 0 unspecified atom stereocenters. The van der Waals surface area contributed by atoms with Gasteiger partial charge in [-0.25, -0.2) is 0 Å². The van der Waals surface area contributed by atoms with Gasteiger partial charge in [0.25, 0.3) is 0 Å². The Morgan fingerprint density at radius 2 is 1.48 bits per heavy atom. The van der Waals surface area contributed by atoms with Crippen molar-refractivity contribution in [2.75, 3.05) is 7.05 Å². The predicted molar refractivity (Wildman–Crippen MR) is 125 cm³/mol. The van der Waals surface area contributed by atoms with Gasteiger partial charge in [0.2, 0.25) is 11.8 Å². The van der Waals surface area contributed by atoms with Crippen molar-refractivity contribution in [2.45, 2.75) is 39.3 Å². The second-order valence-electron chi connectivity index (χ2n) is 7.93. The van der Waals surface area contributed by atoms with Crippen LogP contribution in [0.15, 0.2) is 78.9 Å². The molecule has 0 bridgehead atoms. The molecule has 0 aromatic heterocycles. The molecule has 4 heteroatoms. The zero-order valence-corrected chi connectivity index (χ0v) is 18.5. The largest absolute Gasteiger partial charge is 0.357 e. The van der Waals surface area contributed by atoms with Crippen molar-refractivity contribution in [3.63, 3.8) is 0 Å². The van der Waals surface area contributed by atoms with Crippen LogP contribution in [-0.4, -0.2) is 29.8 Å². The van der Waals surface area contributed by atoms with Crippen molar-refractivity contribution < 1.29 is 9.59 Å². The molecule has 0 heterocycles. The number of carbonyl (C=O) groups is 2. The fourth-order valence-corrected chi connectivity index (χ4v) is 3.68. The van der Waals surface area contributed by atoms with Crippen LogP contribution in [0.1, 0.15) is 27.8 Å². The number of hydrogen-bond donors (Lipinski definition) is 1. The zero-order valence-electron chi connectivity index (χ0n) is 18.5. The predicted octanol–water partition coefficient (Wildman–Crippen LogP) is 4.23. The molecule has 0 fully saturated rings. The summed E-state index contributed by atoms with van der Waals surface area (Å²) in [5.74, 6) is -0.214. The van der Waals surface area contributed by atoms with E-state index in [2.05, 4.69) is 5.32 Å². The Morgan fingerprint density at radius 1 is 0.839 bits per heavy atom. The van der Waals surface area contributed by atoms with Gasteiger partial charge in [0, 0.05) is 20.0 Å². The molecule has 1 atom stereocenters. The molecule has 0 aliphatic heterocycles. The van der Waals surface area contributed by atoms with Crippen molar-refractivity contribution in [1.29, 1.82) is 0 Å². The van der Waals surface area contributed by atoms with E-state index < -0.39 is 6.04 Å². The summed E-state index contributed by atoms with van der Waals surface area (Å²) in [5.41, 5.74) is 5.25. The van der Waals surface area contributed by atoms with E-state index in [1.807, 2.05) is 92.7 Å². The lowest BCUT2D eigenvalue weighted by Crippen LogP contribution is -2.50. The van der Waals surface area contributed by atoms with Crippen LogP contribution in [0.4, 0.5) is 0 Å². The van der Waals surface area contributed by atoms with E-state index in [-0.39, 0.29) is 18.2 Å². The molecule has 0 radical (unpaired) electrons. The van der Waals surface area contributed by atoms with Gasteiger partial charge in [0.15, 0.2) is 0 Å². The molecule has 31 heavy (non-hydrogen) atoms. The normalized spacial score (nSPS) is 11.6. The van der Waals surface area contributed by atoms with Crippen LogP contribution in [0.2, 0.25) is 0 Å². The highest BCUT2D eigenvalue weighted by Gasteiger charge is 2.30. The van der Waals surface area contributed by atoms with Gasteiger partial charge in [-0.15, -0.1) is 0 Å². The Hall–Kier alpha value is -3.40. The summed E-state index contributed by atoms with van der Waals surface area (Å²) in [7, 11) is 1.62. The van der Waals surface area contributed by atoms with E-state index >= 15 is 0 Å². The molecular formula is C27H30N2O2. The number of rotatable bonds is 8. The highest BCUT2D eigenvalue weighted by Crippen LogP contribution is 2.18. The average molecular weight is 415 g/mol. The summed E-state index contributed by atoms with van der Waals surface area (Å²) in [6.45, 7) is 4.43. The van der Waals surface area contributed by atoms with Crippen molar-refractivity contribution >= 4 is 11.8 Å². The third-order valence-corrected chi connectivity index (χ3v) is 5.59. The van der Waals surface area contributed by atoms with E-state index in [4.69, 9.17) is 0 Å². The zero-order chi connectivity index (χ0) is 22.2. The first-order valence-electron chi connectivity index (χ1n) is 10.6. The van der Waals surface area contributed by atoms with Gasteiger partial charge in [-0.1, -0.05) is 84.4 Å². The van der Waals surface area contributed by atoms with E-state index in [0.29, 0.717) is 13.0 Å². The minimum atomic E-state index is -0.592. The first kappa shape index (κ1) is 22.3. The Bertz CT molecular complexity index is 1010.